The first-order valence-corrected chi connectivity index (χ1v) is 7.39. The van der Waals surface area contributed by atoms with Gasteiger partial charge in [0, 0.05) is 6.07 Å². The topological polar surface area (TPSA) is 86.0 Å². The molecule has 10 heteroatoms. The molecule has 1 aliphatic rings. The lowest BCUT2D eigenvalue weighted by Crippen LogP contribution is -2.15. The number of hydrogen-bond acceptors (Lipinski definition) is 6. The number of fused-ring (bicyclic) bond motifs is 1. The molecule has 0 unspecified atom stereocenters. The van der Waals surface area contributed by atoms with Gasteiger partial charge in [0.2, 0.25) is 0 Å². The number of nitro groups is 1. The summed E-state index contributed by atoms with van der Waals surface area (Å²) in [5.74, 6) is 1.14. The maximum Gasteiger partial charge on any atom is 0.416 e. The van der Waals surface area contributed by atoms with Crippen molar-refractivity contribution in [3.63, 3.8) is 0 Å². The average Bonchev–Trinajstić information content (AvgIpc) is 2.60. The predicted molar refractivity (Wildman–Crippen MR) is 86.7 cm³/mol. The minimum absolute atomic E-state index is 0.156. The molecule has 0 atom stereocenters. The molecule has 136 valence electrons. The van der Waals surface area contributed by atoms with Gasteiger partial charge < -0.3 is 9.47 Å². The van der Waals surface area contributed by atoms with Crippen molar-refractivity contribution in [2.24, 2.45) is 5.10 Å². The molecule has 0 aromatic heterocycles. The van der Waals surface area contributed by atoms with E-state index in [-0.39, 0.29) is 5.69 Å². The summed E-state index contributed by atoms with van der Waals surface area (Å²) in [4.78, 5) is 10.1. The summed E-state index contributed by atoms with van der Waals surface area (Å²) in [5, 5.41) is 14.8. The second-order valence-electron chi connectivity index (χ2n) is 5.26. The van der Waals surface area contributed by atoms with Crippen LogP contribution in [0.25, 0.3) is 0 Å². The number of benzene rings is 2. The summed E-state index contributed by atoms with van der Waals surface area (Å²) in [6, 6.07) is 7.22. The van der Waals surface area contributed by atoms with Crippen molar-refractivity contribution in [3.05, 3.63) is 57.6 Å². The van der Waals surface area contributed by atoms with Crippen LogP contribution in [0.5, 0.6) is 11.5 Å². The van der Waals surface area contributed by atoms with Gasteiger partial charge >= 0.3 is 6.18 Å². The molecule has 2 aromatic carbocycles. The molecular formula is C16H12F3N3O4. The maximum atomic E-state index is 12.7. The summed E-state index contributed by atoms with van der Waals surface area (Å²) in [6.45, 7) is 0.878. The summed E-state index contributed by atoms with van der Waals surface area (Å²) < 4.78 is 48.8. The van der Waals surface area contributed by atoms with E-state index < -0.39 is 22.4 Å². The Morgan fingerprint density at radius 2 is 1.85 bits per heavy atom. The third kappa shape index (κ3) is 3.85. The Balaban J connectivity index is 1.78. The zero-order chi connectivity index (χ0) is 18.7. The molecule has 1 aliphatic heterocycles. The summed E-state index contributed by atoms with van der Waals surface area (Å²) >= 11 is 0. The third-order valence-electron chi connectivity index (χ3n) is 3.49. The molecule has 1 heterocycles. The van der Waals surface area contributed by atoms with Crippen molar-refractivity contribution in [3.8, 4) is 11.5 Å². The smallest absolute Gasteiger partial charge is 0.416 e. The molecule has 0 aliphatic carbocycles. The Hall–Kier alpha value is -3.30. The molecule has 26 heavy (non-hydrogen) atoms. The number of rotatable bonds is 4. The van der Waals surface area contributed by atoms with E-state index in [1.165, 1.54) is 6.21 Å². The Labute approximate surface area is 145 Å². The summed E-state index contributed by atoms with van der Waals surface area (Å²) in [7, 11) is 0. The van der Waals surface area contributed by atoms with E-state index in [0.29, 0.717) is 36.3 Å². The van der Waals surface area contributed by atoms with Crippen molar-refractivity contribution in [1.29, 1.82) is 0 Å². The van der Waals surface area contributed by atoms with Crippen molar-refractivity contribution in [2.75, 3.05) is 18.6 Å². The van der Waals surface area contributed by atoms with Gasteiger partial charge in [-0.2, -0.15) is 18.3 Å². The molecule has 0 bridgehead atoms. The van der Waals surface area contributed by atoms with Crippen LogP contribution in [0.15, 0.2) is 41.5 Å². The monoisotopic (exact) mass is 367 g/mol. The highest BCUT2D eigenvalue weighted by molar-refractivity contribution is 5.82. The quantitative estimate of drug-likeness (QED) is 0.504. The lowest BCUT2D eigenvalue weighted by Gasteiger charge is -2.18. The van der Waals surface area contributed by atoms with E-state index in [1.54, 1.807) is 18.2 Å². The molecule has 3 rings (SSSR count). The lowest BCUT2D eigenvalue weighted by atomic mass is 10.1. The van der Waals surface area contributed by atoms with Gasteiger partial charge in [0.05, 0.1) is 16.7 Å². The van der Waals surface area contributed by atoms with Crippen molar-refractivity contribution in [1.82, 2.24) is 0 Å². The second kappa shape index (κ2) is 6.90. The zero-order valence-corrected chi connectivity index (χ0v) is 13.1. The largest absolute Gasteiger partial charge is 0.486 e. The number of halogens is 3. The van der Waals surface area contributed by atoms with Crippen LogP contribution in [-0.4, -0.2) is 24.4 Å². The van der Waals surface area contributed by atoms with E-state index in [4.69, 9.17) is 9.47 Å². The van der Waals surface area contributed by atoms with Gasteiger partial charge in [-0.3, -0.25) is 15.5 Å². The van der Waals surface area contributed by atoms with Crippen LogP contribution in [-0.2, 0) is 6.18 Å². The Morgan fingerprint density at radius 1 is 1.12 bits per heavy atom. The zero-order valence-electron chi connectivity index (χ0n) is 13.1. The van der Waals surface area contributed by atoms with Crippen LogP contribution >= 0.6 is 0 Å². The number of hydrogen-bond donors (Lipinski definition) is 1. The number of hydrazone groups is 1. The highest BCUT2D eigenvalue weighted by Gasteiger charge is 2.33. The predicted octanol–water partition coefficient (Wildman–Crippen LogP) is 3.83. The van der Waals surface area contributed by atoms with Crippen LogP contribution in [0.1, 0.15) is 11.1 Å². The standard InChI is InChI=1S/C16H12F3N3O4/c17-16(18,19)11-2-3-12(13(8-11)22(23)24)21-20-9-10-1-4-14-15(7-10)26-6-5-25-14/h1-4,7-9,21H,5-6H2/b20-9-. The first-order valence-electron chi connectivity index (χ1n) is 7.39. The number of ether oxygens (including phenoxy) is 2. The van der Waals surface area contributed by atoms with Gasteiger partial charge in [-0.1, -0.05) is 0 Å². The van der Waals surface area contributed by atoms with E-state index in [0.717, 1.165) is 12.1 Å². The number of nitrogens with one attached hydrogen (secondary N) is 1. The number of anilines is 1. The van der Waals surface area contributed by atoms with Gasteiger partial charge in [-0.05, 0) is 35.9 Å². The van der Waals surface area contributed by atoms with Gasteiger partial charge in [-0.15, -0.1) is 0 Å². The summed E-state index contributed by atoms with van der Waals surface area (Å²) in [6.07, 6.45) is -3.31. The molecule has 0 saturated heterocycles. The molecule has 1 N–H and O–H groups in total. The van der Waals surface area contributed by atoms with Gasteiger partial charge in [0.15, 0.2) is 11.5 Å². The molecule has 0 amide bonds. The average molecular weight is 367 g/mol. The maximum absolute atomic E-state index is 12.7. The molecule has 2 aromatic rings. The normalized spacial score (nSPS) is 13.7. The van der Waals surface area contributed by atoms with Crippen molar-refractivity contribution < 1.29 is 27.6 Å². The van der Waals surface area contributed by atoms with E-state index in [1.807, 2.05) is 0 Å². The SMILES string of the molecule is O=[N+]([O-])c1cc(C(F)(F)F)ccc1N/N=C\c1ccc2c(c1)OCCO2. The molecular weight excluding hydrogens is 355 g/mol. The first-order chi connectivity index (χ1) is 12.3. The number of nitrogens with zero attached hydrogens (tertiary/aromatic N) is 2. The van der Waals surface area contributed by atoms with Crippen LogP contribution in [0, 0.1) is 10.1 Å². The Bertz CT molecular complexity index is 868. The second-order valence-corrected chi connectivity index (χ2v) is 5.26. The Morgan fingerprint density at radius 3 is 2.54 bits per heavy atom. The number of alkyl halides is 3. The van der Waals surface area contributed by atoms with Crippen LogP contribution in [0.4, 0.5) is 24.5 Å². The molecule has 0 radical (unpaired) electrons. The third-order valence-corrected chi connectivity index (χ3v) is 3.49. The fraction of sp³-hybridized carbons (Fsp3) is 0.188. The van der Waals surface area contributed by atoms with Crippen LogP contribution in [0.3, 0.4) is 0 Å². The number of nitro benzene ring substituents is 1. The van der Waals surface area contributed by atoms with Gasteiger partial charge in [0.25, 0.3) is 5.69 Å². The van der Waals surface area contributed by atoms with Crippen molar-refractivity contribution in [2.45, 2.75) is 6.18 Å². The minimum atomic E-state index is -4.67. The molecule has 7 nitrogen and oxygen atoms in total. The van der Waals surface area contributed by atoms with E-state index >= 15 is 0 Å². The summed E-state index contributed by atoms with van der Waals surface area (Å²) in [5.41, 5.74) is 1.03. The highest BCUT2D eigenvalue weighted by atomic mass is 19.4. The molecule has 0 fully saturated rings. The van der Waals surface area contributed by atoms with E-state index in [9.17, 15) is 23.3 Å². The van der Waals surface area contributed by atoms with Gasteiger partial charge in [-0.25, -0.2) is 0 Å². The van der Waals surface area contributed by atoms with Crippen molar-refractivity contribution >= 4 is 17.6 Å². The molecule has 0 spiro atoms. The van der Waals surface area contributed by atoms with Crippen LogP contribution in [0.2, 0.25) is 0 Å². The molecule has 0 saturated carbocycles. The first kappa shape index (κ1) is 17.5. The fourth-order valence-electron chi connectivity index (χ4n) is 2.27. The van der Waals surface area contributed by atoms with Gasteiger partial charge in [0.1, 0.15) is 18.9 Å². The Kier molecular flexibility index (Phi) is 4.65. The van der Waals surface area contributed by atoms with Crippen LogP contribution < -0.4 is 14.9 Å². The minimum Gasteiger partial charge on any atom is -0.486 e. The lowest BCUT2D eigenvalue weighted by molar-refractivity contribution is -0.384. The fourth-order valence-corrected chi connectivity index (χ4v) is 2.27. The van der Waals surface area contributed by atoms with E-state index in [2.05, 4.69) is 10.5 Å². The highest BCUT2D eigenvalue weighted by Crippen LogP contribution is 2.35.